The van der Waals surface area contributed by atoms with E-state index in [2.05, 4.69) is 10.6 Å². The molecular formula is C25H27N3O2. The van der Waals surface area contributed by atoms with E-state index >= 15 is 0 Å². The molecule has 30 heavy (non-hydrogen) atoms. The molecule has 2 N–H and O–H groups in total. The van der Waals surface area contributed by atoms with Gasteiger partial charge < -0.3 is 15.5 Å². The Hall–Kier alpha value is -3.44. The quantitative estimate of drug-likeness (QED) is 0.603. The summed E-state index contributed by atoms with van der Waals surface area (Å²) in [4.78, 5) is 26.5. The summed E-state index contributed by atoms with van der Waals surface area (Å²) >= 11 is 0. The van der Waals surface area contributed by atoms with E-state index in [0.29, 0.717) is 24.2 Å². The molecule has 0 spiro atoms. The molecule has 2 amide bonds. The van der Waals surface area contributed by atoms with Crippen molar-refractivity contribution < 1.29 is 9.59 Å². The standard InChI is InChI=1S/C25H27N3O2/c1-28(2)17-16-26-24(29)18-19-8-14-23(15-9-19)27-25(30)22-12-10-21(11-13-22)20-6-4-3-5-7-20/h3-15H,16-18H2,1-2H3,(H,26,29)(H,27,30). The summed E-state index contributed by atoms with van der Waals surface area (Å²) in [6.45, 7) is 1.44. The average molecular weight is 402 g/mol. The first-order valence-electron chi connectivity index (χ1n) is 9.98. The highest BCUT2D eigenvalue weighted by atomic mass is 16.2. The van der Waals surface area contributed by atoms with Gasteiger partial charge >= 0.3 is 0 Å². The van der Waals surface area contributed by atoms with Crippen molar-refractivity contribution in [2.75, 3.05) is 32.5 Å². The molecule has 3 rings (SSSR count). The minimum Gasteiger partial charge on any atom is -0.355 e. The maximum atomic E-state index is 12.5. The minimum atomic E-state index is -0.163. The summed E-state index contributed by atoms with van der Waals surface area (Å²) in [6, 6.07) is 24.9. The largest absolute Gasteiger partial charge is 0.355 e. The van der Waals surface area contributed by atoms with E-state index in [1.54, 1.807) is 0 Å². The predicted molar refractivity (Wildman–Crippen MR) is 122 cm³/mol. The average Bonchev–Trinajstić information content (AvgIpc) is 2.75. The van der Waals surface area contributed by atoms with Crippen LogP contribution < -0.4 is 10.6 Å². The third kappa shape index (κ3) is 6.29. The van der Waals surface area contributed by atoms with Crippen LogP contribution in [0.1, 0.15) is 15.9 Å². The Morgan fingerprint density at radius 3 is 2.07 bits per heavy atom. The lowest BCUT2D eigenvalue weighted by Crippen LogP contribution is -2.32. The van der Waals surface area contributed by atoms with Gasteiger partial charge in [0.2, 0.25) is 5.91 Å². The van der Waals surface area contributed by atoms with Gasteiger partial charge in [0.25, 0.3) is 5.91 Å². The van der Waals surface area contributed by atoms with Crippen molar-refractivity contribution in [3.05, 3.63) is 90.0 Å². The molecule has 0 aliphatic carbocycles. The molecule has 0 bridgehead atoms. The second-order valence-corrected chi connectivity index (χ2v) is 7.42. The molecule has 0 aromatic heterocycles. The molecule has 154 valence electrons. The normalized spacial score (nSPS) is 10.6. The topological polar surface area (TPSA) is 61.4 Å². The zero-order valence-electron chi connectivity index (χ0n) is 17.4. The van der Waals surface area contributed by atoms with Crippen LogP contribution in [0.3, 0.4) is 0 Å². The Kier molecular flexibility index (Phi) is 7.35. The number of carbonyl (C=O) groups excluding carboxylic acids is 2. The first-order valence-corrected chi connectivity index (χ1v) is 9.98. The van der Waals surface area contributed by atoms with Gasteiger partial charge in [0.05, 0.1) is 6.42 Å². The third-order valence-electron chi connectivity index (χ3n) is 4.71. The first-order chi connectivity index (χ1) is 14.5. The van der Waals surface area contributed by atoms with Crippen LogP contribution in [-0.4, -0.2) is 43.9 Å². The molecule has 0 unspecified atom stereocenters. The number of rotatable bonds is 8. The van der Waals surface area contributed by atoms with Crippen molar-refractivity contribution in [3.8, 4) is 11.1 Å². The fraction of sp³-hybridized carbons (Fsp3) is 0.200. The highest BCUT2D eigenvalue weighted by molar-refractivity contribution is 6.04. The van der Waals surface area contributed by atoms with Gasteiger partial charge in [-0.25, -0.2) is 0 Å². The fourth-order valence-electron chi connectivity index (χ4n) is 3.02. The fourth-order valence-corrected chi connectivity index (χ4v) is 3.02. The Balaban J connectivity index is 1.53. The molecular weight excluding hydrogens is 374 g/mol. The summed E-state index contributed by atoms with van der Waals surface area (Å²) in [5, 5.41) is 5.80. The summed E-state index contributed by atoms with van der Waals surface area (Å²) in [7, 11) is 3.94. The van der Waals surface area contributed by atoms with E-state index in [9.17, 15) is 9.59 Å². The number of carbonyl (C=O) groups is 2. The Morgan fingerprint density at radius 1 is 0.800 bits per heavy atom. The maximum Gasteiger partial charge on any atom is 0.255 e. The number of hydrogen-bond acceptors (Lipinski definition) is 3. The van der Waals surface area contributed by atoms with E-state index in [0.717, 1.165) is 23.2 Å². The molecule has 5 heteroatoms. The second-order valence-electron chi connectivity index (χ2n) is 7.42. The number of nitrogens with zero attached hydrogens (tertiary/aromatic N) is 1. The zero-order chi connectivity index (χ0) is 21.3. The van der Waals surface area contributed by atoms with Crippen LogP contribution in [0.2, 0.25) is 0 Å². The van der Waals surface area contributed by atoms with Gasteiger partial charge in [0, 0.05) is 24.3 Å². The van der Waals surface area contributed by atoms with Gasteiger partial charge in [-0.05, 0) is 55.1 Å². The number of likely N-dealkylation sites (N-methyl/N-ethyl adjacent to an activating group) is 1. The van der Waals surface area contributed by atoms with Gasteiger partial charge in [-0.3, -0.25) is 9.59 Å². The van der Waals surface area contributed by atoms with E-state index < -0.39 is 0 Å². The minimum absolute atomic E-state index is 0.00728. The van der Waals surface area contributed by atoms with Crippen LogP contribution in [0.25, 0.3) is 11.1 Å². The van der Waals surface area contributed by atoms with E-state index in [4.69, 9.17) is 0 Å². The molecule has 0 fully saturated rings. The summed E-state index contributed by atoms with van der Waals surface area (Å²) < 4.78 is 0. The molecule has 0 atom stereocenters. The van der Waals surface area contributed by atoms with Crippen molar-refractivity contribution in [1.82, 2.24) is 10.2 Å². The van der Waals surface area contributed by atoms with Gasteiger partial charge in [-0.1, -0.05) is 54.6 Å². The van der Waals surface area contributed by atoms with E-state index in [1.807, 2.05) is 97.9 Å². The molecule has 0 heterocycles. The van der Waals surface area contributed by atoms with Crippen LogP contribution in [0.5, 0.6) is 0 Å². The van der Waals surface area contributed by atoms with Crippen molar-refractivity contribution in [3.63, 3.8) is 0 Å². The molecule has 0 aliphatic heterocycles. The van der Waals surface area contributed by atoms with Crippen molar-refractivity contribution in [1.29, 1.82) is 0 Å². The Bertz CT molecular complexity index is 966. The van der Waals surface area contributed by atoms with Crippen LogP contribution >= 0.6 is 0 Å². The smallest absolute Gasteiger partial charge is 0.255 e. The summed E-state index contributed by atoms with van der Waals surface area (Å²) in [6.07, 6.45) is 0.322. The van der Waals surface area contributed by atoms with Crippen LogP contribution in [0.4, 0.5) is 5.69 Å². The van der Waals surface area contributed by atoms with Crippen LogP contribution in [0, 0.1) is 0 Å². The number of amides is 2. The lowest BCUT2D eigenvalue weighted by molar-refractivity contribution is -0.120. The molecule has 3 aromatic rings. The maximum absolute atomic E-state index is 12.5. The molecule has 0 saturated carbocycles. The Morgan fingerprint density at radius 2 is 1.43 bits per heavy atom. The van der Waals surface area contributed by atoms with Crippen LogP contribution in [0.15, 0.2) is 78.9 Å². The summed E-state index contributed by atoms with van der Waals surface area (Å²) in [5.41, 5.74) is 4.39. The molecule has 0 saturated heterocycles. The molecule has 0 aliphatic rings. The van der Waals surface area contributed by atoms with Crippen molar-refractivity contribution >= 4 is 17.5 Å². The lowest BCUT2D eigenvalue weighted by Gasteiger charge is -2.11. The Labute approximate surface area is 177 Å². The van der Waals surface area contributed by atoms with Crippen LogP contribution in [-0.2, 0) is 11.2 Å². The zero-order valence-corrected chi connectivity index (χ0v) is 17.4. The number of benzene rings is 3. The second kappa shape index (κ2) is 10.4. The van der Waals surface area contributed by atoms with Gasteiger partial charge in [0.1, 0.15) is 0 Å². The van der Waals surface area contributed by atoms with Crippen molar-refractivity contribution in [2.45, 2.75) is 6.42 Å². The van der Waals surface area contributed by atoms with Crippen molar-refractivity contribution in [2.24, 2.45) is 0 Å². The molecule has 5 nitrogen and oxygen atoms in total. The molecule has 3 aromatic carbocycles. The third-order valence-corrected chi connectivity index (χ3v) is 4.71. The van der Waals surface area contributed by atoms with Gasteiger partial charge in [-0.2, -0.15) is 0 Å². The SMILES string of the molecule is CN(C)CCNC(=O)Cc1ccc(NC(=O)c2ccc(-c3ccccc3)cc2)cc1. The highest BCUT2D eigenvalue weighted by Crippen LogP contribution is 2.20. The predicted octanol–water partition coefficient (Wildman–Crippen LogP) is 3.83. The highest BCUT2D eigenvalue weighted by Gasteiger charge is 2.08. The number of nitrogens with one attached hydrogen (secondary N) is 2. The molecule has 0 radical (unpaired) electrons. The van der Waals surface area contributed by atoms with E-state index in [-0.39, 0.29) is 11.8 Å². The monoisotopic (exact) mass is 401 g/mol. The first kappa shape index (κ1) is 21.3. The number of anilines is 1. The summed E-state index contributed by atoms with van der Waals surface area (Å²) in [5.74, 6) is -0.170. The van der Waals surface area contributed by atoms with Gasteiger partial charge in [0.15, 0.2) is 0 Å². The number of hydrogen-bond donors (Lipinski definition) is 2. The lowest BCUT2D eigenvalue weighted by atomic mass is 10.0. The van der Waals surface area contributed by atoms with Gasteiger partial charge in [-0.15, -0.1) is 0 Å². The van der Waals surface area contributed by atoms with E-state index in [1.165, 1.54) is 0 Å².